The number of aryl methyl sites for hydroxylation is 1. The maximum Gasteiger partial charge on any atom is 0.293 e. The van der Waals surface area contributed by atoms with Gasteiger partial charge in [0.1, 0.15) is 5.75 Å². The summed E-state index contributed by atoms with van der Waals surface area (Å²) in [5, 5.41) is 13.9. The summed E-state index contributed by atoms with van der Waals surface area (Å²) in [6.07, 6.45) is 1.45. The molecule has 3 amide bonds. The van der Waals surface area contributed by atoms with Crippen molar-refractivity contribution in [2.75, 3.05) is 11.9 Å². The Morgan fingerprint density at radius 2 is 1.92 bits per heavy atom. The number of ether oxygens (including phenoxy) is 1. The van der Waals surface area contributed by atoms with E-state index in [1.165, 1.54) is 24.3 Å². The second-order valence-corrected chi connectivity index (χ2v) is 9.47. The molecule has 1 N–H and O–H groups in total. The number of imide groups is 1. The highest BCUT2D eigenvalue weighted by Crippen LogP contribution is 2.36. The molecular formula is C26H20ClN3O6S. The SMILES string of the molecule is Cc1cccc(NC(=O)COc2ccc(Cl)cc2/C=C2\SC(=O)N(Cc3ccccc3[N+](=O)[O-])C2=O)c1. The molecule has 1 heterocycles. The first-order valence-corrected chi connectivity index (χ1v) is 12.2. The van der Waals surface area contributed by atoms with Crippen LogP contribution in [0.3, 0.4) is 0 Å². The Morgan fingerprint density at radius 1 is 1.14 bits per heavy atom. The Hall–Kier alpha value is -4.15. The summed E-state index contributed by atoms with van der Waals surface area (Å²) >= 11 is 6.84. The number of para-hydroxylation sites is 1. The van der Waals surface area contributed by atoms with Crippen molar-refractivity contribution in [3.63, 3.8) is 0 Å². The lowest BCUT2D eigenvalue weighted by Crippen LogP contribution is -2.27. The molecule has 1 saturated heterocycles. The summed E-state index contributed by atoms with van der Waals surface area (Å²) < 4.78 is 5.68. The van der Waals surface area contributed by atoms with E-state index >= 15 is 0 Å². The van der Waals surface area contributed by atoms with Crippen molar-refractivity contribution >= 4 is 57.9 Å². The summed E-state index contributed by atoms with van der Waals surface area (Å²) in [7, 11) is 0. The minimum Gasteiger partial charge on any atom is -0.483 e. The number of carbonyl (C=O) groups is 3. The molecule has 37 heavy (non-hydrogen) atoms. The molecule has 11 heteroatoms. The van der Waals surface area contributed by atoms with Crippen LogP contribution in [0.25, 0.3) is 6.08 Å². The number of amides is 3. The molecule has 0 atom stereocenters. The maximum absolute atomic E-state index is 13.0. The minimum atomic E-state index is -0.601. The van der Waals surface area contributed by atoms with Crippen LogP contribution >= 0.6 is 23.4 Å². The van der Waals surface area contributed by atoms with Gasteiger partial charge in [0, 0.05) is 27.9 Å². The zero-order valence-corrected chi connectivity index (χ0v) is 21.0. The third-order valence-electron chi connectivity index (χ3n) is 5.31. The first kappa shape index (κ1) is 25.9. The van der Waals surface area contributed by atoms with E-state index in [2.05, 4.69) is 5.32 Å². The zero-order valence-electron chi connectivity index (χ0n) is 19.5. The lowest BCUT2D eigenvalue weighted by atomic mass is 10.1. The van der Waals surface area contributed by atoms with Crippen LogP contribution in [0, 0.1) is 17.0 Å². The average Bonchev–Trinajstić information content (AvgIpc) is 3.11. The van der Waals surface area contributed by atoms with E-state index in [-0.39, 0.29) is 41.0 Å². The number of nitro benzene ring substituents is 1. The van der Waals surface area contributed by atoms with Gasteiger partial charge in [0.05, 0.1) is 16.4 Å². The molecule has 1 aliphatic rings. The predicted molar refractivity (Wildman–Crippen MR) is 141 cm³/mol. The van der Waals surface area contributed by atoms with Crippen LogP contribution in [0.1, 0.15) is 16.7 Å². The topological polar surface area (TPSA) is 119 Å². The average molecular weight is 538 g/mol. The Bertz CT molecular complexity index is 1440. The van der Waals surface area contributed by atoms with Crippen LogP contribution < -0.4 is 10.1 Å². The van der Waals surface area contributed by atoms with E-state index in [9.17, 15) is 24.5 Å². The second-order valence-electron chi connectivity index (χ2n) is 8.04. The van der Waals surface area contributed by atoms with Gasteiger partial charge in [0.15, 0.2) is 6.61 Å². The van der Waals surface area contributed by atoms with Gasteiger partial charge in [0.2, 0.25) is 0 Å². The van der Waals surface area contributed by atoms with Gasteiger partial charge in [-0.1, -0.05) is 41.9 Å². The number of halogens is 1. The normalized spacial score (nSPS) is 14.2. The lowest BCUT2D eigenvalue weighted by Gasteiger charge is -2.13. The minimum absolute atomic E-state index is 0.0971. The van der Waals surface area contributed by atoms with Crippen LogP contribution in [-0.2, 0) is 16.1 Å². The van der Waals surface area contributed by atoms with Crippen LogP contribution in [0.5, 0.6) is 5.75 Å². The zero-order chi connectivity index (χ0) is 26.5. The van der Waals surface area contributed by atoms with Gasteiger partial charge in [-0.3, -0.25) is 29.4 Å². The largest absolute Gasteiger partial charge is 0.483 e. The molecule has 0 spiro atoms. The summed E-state index contributed by atoms with van der Waals surface area (Å²) in [6, 6.07) is 17.9. The maximum atomic E-state index is 13.0. The lowest BCUT2D eigenvalue weighted by molar-refractivity contribution is -0.385. The van der Waals surface area contributed by atoms with Crippen LogP contribution in [0.2, 0.25) is 5.02 Å². The molecule has 0 bridgehead atoms. The Labute approximate surface area is 221 Å². The fraction of sp³-hybridized carbons (Fsp3) is 0.115. The van der Waals surface area contributed by atoms with E-state index < -0.39 is 16.1 Å². The van der Waals surface area contributed by atoms with E-state index in [0.29, 0.717) is 28.0 Å². The summed E-state index contributed by atoms with van der Waals surface area (Å²) in [6.45, 7) is 1.38. The number of rotatable bonds is 8. The first-order valence-electron chi connectivity index (χ1n) is 11.0. The predicted octanol–water partition coefficient (Wildman–Crippen LogP) is 5.81. The number of nitrogens with one attached hydrogen (secondary N) is 1. The number of benzene rings is 3. The van der Waals surface area contributed by atoms with Crippen molar-refractivity contribution in [2.45, 2.75) is 13.5 Å². The van der Waals surface area contributed by atoms with Crippen molar-refractivity contribution in [3.05, 3.63) is 103 Å². The smallest absolute Gasteiger partial charge is 0.293 e. The van der Waals surface area contributed by atoms with E-state index in [1.54, 1.807) is 30.3 Å². The van der Waals surface area contributed by atoms with Gasteiger partial charge in [-0.15, -0.1) is 0 Å². The highest BCUT2D eigenvalue weighted by atomic mass is 35.5. The number of hydrogen-bond donors (Lipinski definition) is 1. The fourth-order valence-electron chi connectivity index (χ4n) is 3.60. The number of hydrogen-bond acceptors (Lipinski definition) is 7. The van der Waals surface area contributed by atoms with Crippen LogP contribution in [0.15, 0.2) is 71.6 Å². The molecule has 188 valence electrons. The number of carbonyl (C=O) groups excluding carboxylic acids is 3. The number of nitro groups is 1. The van der Waals surface area contributed by atoms with Gasteiger partial charge in [-0.2, -0.15) is 0 Å². The molecule has 4 rings (SSSR count). The third-order valence-corrected chi connectivity index (χ3v) is 6.45. The molecule has 1 aliphatic heterocycles. The van der Waals surface area contributed by atoms with Crippen molar-refractivity contribution in [1.82, 2.24) is 4.90 Å². The highest BCUT2D eigenvalue weighted by Gasteiger charge is 2.36. The third kappa shape index (κ3) is 6.35. The molecule has 0 saturated carbocycles. The number of anilines is 1. The van der Waals surface area contributed by atoms with Gasteiger partial charge >= 0.3 is 0 Å². The van der Waals surface area contributed by atoms with Crippen molar-refractivity contribution < 1.29 is 24.0 Å². The molecular weight excluding hydrogens is 518 g/mol. The highest BCUT2D eigenvalue weighted by molar-refractivity contribution is 8.18. The van der Waals surface area contributed by atoms with Gasteiger partial charge in [-0.25, -0.2) is 0 Å². The Morgan fingerprint density at radius 3 is 2.68 bits per heavy atom. The molecule has 3 aromatic rings. The molecule has 1 fully saturated rings. The van der Waals surface area contributed by atoms with Crippen molar-refractivity contribution in [3.8, 4) is 5.75 Å². The first-order chi connectivity index (χ1) is 17.7. The van der Waals surface area contributed by atoms with Crippen molar-refractivity contribution in [1.29, 1.82) is 0 Å². The molecule has 0 aromatic heterocycles. The van der Waals surface area contributed by atoms with E-state index in [4.69, 9.17) is 16.3 Å². The Balaban J connectivity index is 1.50. The summed E-state index contributed by atoms with van der Waals surface area (Å²) in [4.78, 5) is 49.7. The van der Waals surface area contributed by atoms with Crippen LogP contribution in [-0.4, -0.2) is 33.5 Å². The summed E-state index contributed by atoms with van der Waals surface area (Å²) in [5.74, 6) is -0.693. The van der Waals surface area contributed by atoms with Crippen molar-refractivity contribution in [2.24, 2.45) is 0 Å². The Kier molecular flexibility index (Phi) is 7.90. The fourth-order valence-corrected chi connectivity index (χ4v) is 4.61. The van der Waals surface area contributed by atoms with E-state index in [1.807, 2.05) is 25.1 Å². The van der Waals surface area contributed by atoms with E-state index in [0.717, 1.165) is 10.5 Å². The molecule has 0 aliphatic carbocycles. The number of thioether (sulfide) groups is 1. The monoisotopic (exact) mass is 537 g/mol. The molecule has 0 unspecified atom stereocenters. The van der Waals surface area contributed by atoms with Crippen LogP contribution in [0.4, 0.5) is 16.2 Å². The van der Waals surface area contributed by atoms with Gasteiger partial charge in [0.25, 0.3) is 22.7 Å². The second kappa shape index (κ2) is 11.3. The number of nitrogens with zero attached hydrogens (tertiary/aromatic N) is 2. The molecule has 9 nitrogen and oxygen atoms in total. The molecule has 0 radical (unpaired) electrons. The quantitative estimate of drug-likeness (QED) is 0.219. The van der Waals surface area contributed by atoms with Gasteiger partial charge in [-0.05, 0) is 60.7 Å². The summed E-state index contributed by atoms with van der Waals surface area (Å²) in [5.41, 5.74) is 2.08. The standard InChI is InChI=1S/C26H20ClN3O6S/c1-16-5-4-7-20(11-16)28-24(31)15-36-22-10-9-19(27)12-18(22)13-23-25(32)29(26(33)37-23)14-17-6-2-3-8-21(17)30(34)35/h2-13H,14-15H2,1H3,(H,28,31)/b23-13-. The molecule has 3 aromatic carbocycles. The van der Waals surface area contributed by atoms with Gasteiger partial charge < -0.3 is 10.1 Å².